The monoisotopic (exact) mass is 393 g/mol. The number of carbonyl (C=O) groups excluding carboxylic acids is 1. The van der Waals surface area contributed by atoms with Crippen molar-refractivity contribution < 1.29 is 18.8 Å². The molecule has 0 radical (unpaired) electrons. The Balaban J connectivity index is 1.79. The summed E-state index contributed by atoms with van der Waals surface area (Å²) in [6, 6.07) is 9.41. The number of rotatable bonds is 4. The molecular formula is C21H19N3O5. The Kier molecular flexibility index (Phi) is 4.46. The molecule has 0 aliphatic heterocycles. The summed E-state index contributed by atoms with van der Waals surface area (Å²) in [6.45, 7) is 1.76. The molecule has 3 aromatic heterocycles. The lowest BCUT2D eigenvalue weighted by atomic mass is 10.0. The molecule has 0 aliphatic carbocycles. The molecule has 0 atom stereocenters. The van der Waals surface area contributed by atoms with Crippen LogP contribution < -0.4 is 10.3 Å². The van der Waals surface area contributed by atoms with Crippen LogP contribution in [0.25, 0.3) is 33.3 Å². The van der Waals surface area contributed by atoms with Crippen molar-refractivity contribution in [1.29, 1.82) is 0 Å². The van der Waals surface area contributed by atoms with Crippen LogP contribution in [0.5, 0.6) is 5.88 Å². The molecule has 0 saturated heterocycles. The van der Waals surface area contributed by atoms with E-state index in [-0.39, 0.29) is 17.0 Å². The fraction of sp³-hybridized carbons (Fsp3) is 0.190. The van der Waals surface area contributed by atoms with E-state index < -0.39 is 5.97 Å². The van der Waals surface area contributed by atoms with Crippen LogP contribution in [0.3, 0.4) is 0 Å². The number of aryl methyl sites for hydroxylation is 2. The first kappa shape index (κ1) is 18.5. The Labute approximate surface area is 165 Å². The van der Waals surface area contributed by atoms with Gasteiger partial charge in [0.25, 0.3) is 5.56 Å². The number of aromatic nitrogens is 3. The predicted molar refractivity (Wildman–Crippen MR) is 107 cm³/mol. The van der Waals surface area contributed by atoms with Crippen molar-refractivity contribution in [3.05, 3.63) is 58.2 Å². The van der Waals surface area contributed by atoms with Gasteiger partial charge >= 0.3 is 5.97 Å². The molecule has 0 amide bonds. The molecular weight excluding hydrogens is 374 g/mol. The fourth-order valence-electron chi connectivity index (χ4n) is 3.42. The smallest absolute Gasteiger partial charge is 0.345 e. The molecule has 0 spiro atoms. The molecule has 0 bridgehead atoms. The molecule has 0 unspecified atom stereocenters. The van der Waals surface area contributed by atoms with Gasteiger partial charge in [0.1, 0.15) is 11.3 Å². The molecule has 4 aromatic rings. The molecule has 148 valence electrons. The first-order valence-corrected chi connectivity index (χ1v) is 8.86. The van der Waals surface area contributed by atoms with Gasteiger partial charge in [-0.1, -0.05) is 24.3 Å². The van der Waals surface area contributed by atoms with Crippen molar-refractivity contribution in [1.82, 2.24) is 14.7 Å². The molecule has 0 saturated carbocycles. The van der Waals surface area contributed by atoms with Crippen molar-refractivity contribution >= 4 is 16.9 Å². The Morgan fingerprint density at radius 1 is 1.17 bits per heavy atom. The average molecular weight is 393 g/mol. The van der Waals surface area contributed by atoms with Crippen LogP contribution in [0, 0.1) is 6.92 Å². The highest BCUT2D eigenvalue weighted by Gasteiger charge is 2.21. The van der Waals surface area contributed by atoms with Gasteiger partial charge in [0.2, 0.25) is 5.88 Å². The maximum Gasteiger partial charge on any atom is 0.345 e. The maximum absolute atomic E-state index is 12.3. The highest BCUT2D eigenvalue weighted by atomic mass is 16.5. The van der Waals surface area contributed by atoms with Crippen molar-refractivity contribution in [3.8, 4) is 28.3 Å². The zero-order chi connectivity index (χ0) is 20.7. The number of hydrogen-bond acceptors (Lipinski definition) is 6. The first-order chi connectivity index (χ1) is 13.9. The van der Waals surface area contributed by atoms with Gasteiger partial charge in [-0.25, -0.2) is 9.78 Å². The lowest BCUT2D eigenvalue weighted by Crippen LogP contribution is -2.11. The highest BCUT2D eigenvalue weighted by Crippen LogP contribution is 2.31. The van der Waals surface area contributed by atoms with Gasteiger partial charge in [-0.3, -0.25) is 4.79 Å². The van der Waals surface area contributed by atoms with Gasteiger partial charge in [0.15, 0.2) is 0 Å². The first-order valence-electron chi connectivity index (χ1n) is 8.86. The Bertz CT molecular complexity index is 1280. The molecule has 1 N–H and O–H groups in total. The maximum atomic E-state index is 12.3. The van der Waals surface area contributed by atoms with Gasteiger partial charge in [0.05, 0.1) is 25.3 Å². The molecule has 4 rings (SSSR count). The van der Waals surface area contributed by atoms with Crippen molar-refractivity contribution in [2.75, 3.05) is 14.2 Å². The minimum atomic E-state index is -0.532. The zero-order valence-corrected chi connectivity index (χ0v) is 16.4. The summed E-state index contributed by atoms with van der Waals surface area (Å²) in [5, 5.41) is 0.754. The third kappa shape index (κ3) is 2.98. The second-order valence-electron chi connectivity index (χ2n) is 6.55. The quantitative estimate of drug-likeness (QED) is 0.534. The SMILES string of the molecule is COC(=O)c1c(OC)ncc2cc(-c3ccc(-c4c(C)on(C)c4=O)cc3)[nH]c12. The second-order valence-corrected chi connectivity index (χ2v) is 6.55. The van der Waals surface area contributed by atoms with Crippen LogP contribution >= 0.6 is 0 Å². The van der Waals surface area contributed by atoms with Gasteiger partial charge in [-0.05, 0) is 24.1 Å². The van der Waals surface area contributed by atoms with E-state index in [1.807, 2.05) is 30.3 Å². The normalized spacial score (nSPS) is 11.0. The number of carbonyl (C=O) groups is 1. The van der Waals surface area contributed by atoms with E-state index >= 15 is 0 Å². The lowest BCUT2D eigenvalue weighted by molar-refractivity contribution is 0.0598. The summed E-state index contributed by atoms with van der Waals surface area (Å²) in [4.78, 5) is 31.9. The summed E-state index contributed by atoms with van der Waals surface area (Å²) in [7, 11) is 4.34. The molecule has 0 aliphatic rings. The van der Waals surface area contributed by atoms with Gasteiger partial charge in [-0.2, -0.15) is 4.74 Å². The van der Waals surface area contributed by atoms with E-state index in [4.69, 9.17) is 14.0 Å². The van der Waals surface area contributed by atoms with Crippen LogP contribution in [0.4, 0.5) is 0 Å². The van der Waals surface area contributed by atoms with Crippen LogP contribution in [0.1, 0.15) is 16.1 Å². The number of fused-ring (bicyclic) bond motifs is 1. The number of nitrogens with one attached hydrogen (secondary N) is 1. The van der Waals surface area contributed by atoms with Crippen LogP contribution in [-0.2, 0) is 11.8 Å². The number of benzene rings is 1. The molecule has 3 heterocycles. The topological polar surface area (TPSA) is 99.3 Å². The minimum absolute atomic E-state index is 0.179. The highest BCUT2D eigenvalue weighted by molar-refractivity contribution is 6.06. The molecule has 8 nitrogen and oxygen atoms in total. The number of esters is 1. The zero-order valence-electron chi connectivity index (χ0n) is 16.4. The van der Waals surface area contributed by atoms with Gasteiger partial charge in [-0.15, -0.1) is 0 Å². The Morgan fingerprint density at radius 2 is 1.86 bits per heavy atom. The predicted octanol–water partition coefficient (Wildman–Crippen LogP) is 3.29. The molecule has 29 heavy (non-hydrogen) atoms. The third-order valence-corrected chi connectivity index (χ3v) is 4.83. The van der Waals surface area contributed by atoms with E-state index in [0.29, 0.717) is 16.8 Å². The second kappa shape index (κ2) is 6.97. The molecule has 0 fully saturated rings. The van der Waals surface area contributed by atoms with Crippen LogP contribution in [0.15, 0.2) is 45.8 Å². The largest absolute Gasteiger partial charge is 0.480 e. The summed E-state index contributed by atoms with van der Waals surface area (Å²) in [5.41, 5.74) is 3.64. The number of aromatic amines is 1. The van der Waals surface area contributed by atoms with Crippen molar-refractivity contribution in [2.24, 2.45) is 7.05 Å². The number of ether oxygens (including phenoxy) is 2. The van der Waals surface area contributed by atoms with E-state index in [1.54, 1.807) is 20.2 Å². The number of methoxy groups -OCH3 is 2. The number of nitrogens with zero attached hydrogens (tertiary/aromatic N) is 2. The summed E-state index contributed by atoms with van der Waals surface area (Å²) in [5.74, 6) is 0.228. The number of hydrogen-bond donors (Lipinski definition) is 1. The number of H-pyrrole nitrogens is 1. The van der Waals surface area contributed by atoms with E-state index in [2.05, 4.69) is 9.97 Å². The van der Waals surface area contributed by atoms with E-state index in [9.17, 15) is 9.59 Å². The van der Waals surface area contributed by atoms with Crippen LogP contribution in [-0.4, -0.2) is 34.9 Å². The number of pyridine rings is 1. The Hall–Kier alpha value is -3.81. The standard InChI is InChI=1S/C21H19N3O5/c1-11-16(20(25)24(2)29-11)13-7-5-12(6-8-13)15-9-14-10-22-19(27-3)17(18(14)23-15)21(26)28-4/h5-10,23H,1-4H3. The minimum Gasteiger partial charge on any atom is -0.480 e. The van der Waals surface area contributed by atoms with Gasteiger partial charge in [0, 0.05) is 24.3 Å². The summed E-state index contributed by atoms with van der Waals surface area (Å²) in [6.07, 6.45) is 1.63. The van der Waals surface area contributed by atoms with E-state index in [1.165, 1.54) is 19.0 Å². The average Bonchev–Trinajstić information content (AvgIpc) is 3.27. The summed E-state index contributed by atoms with van der Waals surface area (Å²) >= 11 is 0. The van der Waals surface area contributed by atoms with Crippen molar-refractivity contribution in [2.45, 2.75) is 6.92 Å². The van der Waals surface area contributed by atoms with Crippen molar-refractivity contribution in [3.63, 3.8) is 0 Å². The summed E-state index contributed by atoms with van der Waals surface area (Å²) < 4.78 is 16.7. The fourth-order valence-corrected chi connectivity index (χ4v) is 3.42. The third-order valence-electron chi connectivity index (χ3n) is 4.83. The van der Waals surface area contributed by atoms with Gasteiger partial charge < -0.3 is 19.0 Å². The molecule has 1 aromatic carbocycles. The lowest BCUT2D eigenvalue weighted by Gasteiger charge is -2.06. The Morgan fingerprint density at radius 3 is 2.45 bits per heavy atom. The van der Waals surface area contributed by atoms with Crippen LogP contribution in [0.2, 0.25) is 0 Å². The molecule has 8 heteroatoms. The van der Waals surface area contributed by atoms with E-state index in [0.717, 1.165) is 22.2 Å².